The predicted octanol–water partition coefficient (Wildman–Crippen LogP) is 7.64. The first-order valence-corrected chi connectivity index (χ1v) is 14.8. The van der Waals surface area contributed by atoms with Gasteiger partial charge in [0.2, 0.25) is 0 Å². The number of unbranched alkanes of at least 4 members (excludes halogenated alkanes) is 1. The van der Waals surface area contributed by atoms with Crippen molar-refractivity contribution in [1.82, 2.24) is 5.32 Å². The van der Waals surface area contributed by atoms with E-state index in [1.807, 2.05) is 39.8 Å². The average molecular weight is 544 g/mol. The van der Waals surface area contributed by atoms with Crippen LogP contribution in [0.15, 0.2) is 65.4 Å². The van der Waals surface area contributed by atoms with Crippen molar-refractivity contribution in [3.8, 4) is 11.1 Å². The molecule has 0 saturated carbocycles. The fourth-order valence-corrected chi connectivity index (χ4v) is 6.16. The fraction of sp³-hybridized carbons (Fsp3) is 0.406. The van der Waals surface area contributed by atoms with E-state index in [1.54, 1.807) is 11.3 Å². The number of ether oxygens (including phenoxy) is 1. The molecule has 3 aromatic rings. The summed E-state index contributed by atoms with van der Waals surface area (Å²) in [7, 11) is -0.551. The van der Waals surface area contributed by atoms with Crippen LogP contribution in [0.3, 0.4) is 0 Å². The van der Waals surface area contributed by atoms with Crippen molar-refractivity contribution in [2.75, 3.05) is 13.2 Å². The third-order valence-electron chi connectivity index (χ3n) is 8.23. The minimum atomic E-state index is -0.551. The highest BCUT2D eigenvalue weighted by Crippen LogP contribution is 2.44. The molecule has 1 N–H and O–H groups in total. The first-order chi connectivity index (χ1) is 18.7. The molecule has 2 aliphatic rings. The molecule has 1 saturated heterocycles. The van der Waals surface area contributed by atoms with Crippen molar-refractivity contribution in [2.45, 2.75) is 71.0 Å². The molecule has 5 rings (SSSR count). The zero-order valence-electron chi connectivity index (χ0n) is 23.6. The SMILES string of the molecule is CCCCc1ccsc1C=C(CNC(=O)OCC1c2ccccc2-c2ccccc21)B1OC(C)(C)C(C)(C)O1. The minimum Gasteiger partial charge on any atom is -0.449 e. The van der Waals surface area contributed by atoms with Crippen molar-refractivity contribution < 1.29 is 18.8 Å². The van der Waals surface area contributed by atoms with Crippen LogP contribution in [0.1, 0.15) is 74.9 Å². The van der Waals surface area contributed by atoms with Crippen molar-refractivity contribution in [3.63, 3.8) is 0 Å². The second kappa shape index (κ2) is 11.3. The molecule has 1 aliphatic heterocycles. The molecule has 2 aromatic carbocycles. The molecular formula is C32H38BNO4S. The van der Waals surface area contributed by atoms with Crippen LogP contribution in [0.25, 0.3) is 17.2 Å². The zero-order valence-corrected chi connectivity index (χ0v) is 24.4. The van der Waals surface area contributed by atoms with Crippen LogP contribution in [0.4, 0.5) is 4.79 Å². The summed E-state index contributed by atoms with van der Waals surface area (Å²) in [4.78, 5) is 14.2. The lowest BCUT2D eigenvalue weighted by Crippen LogP contribution is -2.41. The molecule has 0 radical (unpaired) electrons. The van der Waals surface area contributed by atoms with E-state index in [0.717, 1.165) is 24.7 Å². The van der Waals surface area contributed by atoms with E-state index in [2.05, 4.69) is 66.2 Å². The van der Waals surface area contributed by atoms with Gasteiger partial charge in [0.25, 0.3) is 0 Å². The molecule has 0 atom stereocenters. The topological polar surface area (TPSA) is 56.8 Å². The van der Waals surface area contributed by atoms with Crippen molar-refractivity contribution in [3.05, 3.63) is 87.0 Å². The fourth-order valence-electron chi connectivity index (χ4n) is 5.24. The lowest BCUT2D eigenvalue weighted by Gasteiger charge is -2.32. The number of fused-ring (bicyclic) bond motifs is 3. The van der Waals surface area contributed by atoms with Gasteiger partial charge in [-0.2, -0.15) is 0 Å². The molecule has 2 heterocycles. The van der Waals surface area contributed by atoms with E-state index in [1.165, 1.54) is 32.7 Å². The highest BCUT2D eigenvalue weighted by atomic mass is 32.1. The number of carbonyl (C=O) groups is 1. The summed E-state index contributed by atoms with van der Waals surface area (Å²) in [6, 6.07) is 18.9. The van der Waals surface area contributed by atoms with Gasteiger partial charge in [0.1, 0.15) is 6.61 Å². The van der Waals surface area contributed by atoms with Crippen molar-refractivity contribution in [1.29, 1.82) is 0 Å². The number of alkyl carbamates (subject to hydrolysis) is 1. The third kappa shape index (κ3) is 5.72. The Kier molecular flexibility index (Phi) is 8.04. The Hall–Kier alpha value is -2.87. The van der Waals surface area contributed by atoms with Crippen LogP contribution in [0.2, 0.25) is 0 Å². The molecule has 1 fully saturated rings. The summed E-state index contributed by atoms with van der Waals surface area (Å²) < 4.78 is 18.5. The second-order valence-corrected chi connectivity index (χ2v) is 12.3. The summed E-state index contributed by atoms with van der Waals surface area (Å²) in [6.45, 7) is 10.9. The van der Waals surface area contributed by atoms with E-state index in [4.69, 9.17) is 14.0 Å². The first-order valence-electron chi connectivity index (χ1n) is 13.9. The Morgan fingerprint density at radius 3 is 2.23 bits per heavy atom. The van der Waals surface area contributed by atoms with Crippen molar-refractivity contribution >= 4 is 30.6 Å². The lowest BCUT2D eigenvalue weighted by molar-refractivity contribution is 0.00578. The maximum atomic E-state index is 13.0. The molecular weight excluding hydrogens is 505 g/mol. The number of hydrogen-bond donors (Lipinski definition) is 1. The standard InChI is InChI=1S/C32H38BNO4S/c1-6-7-12-22-17-18-39-29(22)19-23(33-37-31(2,3)32(4,5)38-33)20-34-30(35)36-21-28-26-15-10-8-13-24(26)25-14-9-11-16-27(25)28/h8-11,13-19,28H,6-7,12,20-21H2,1-5H3,(H,34,35). The second-order valence-electron chi connectivity index (χ2n) is 11.4. The van der Waals surface area contributed by atoms with E-state index in [9.17, 15) is 4.79 Å². The van der Waals surface area contributed by atoms with Crippen LogP contribution in [-0.4, -0.2) is 37.6 Å². The Balaban J connectivity index is 1.30. The summed E-state index contributed by atoms with van der Waals surface area (Å²) in [6.07, 6.45) is 4.99. The van der Waals surface area contributed by atoms with Crippen LogP contribution in [-0.2, 0) is 20.5 Å². The molecule has 0 bridgehead atoms. The average Bonchev–Trinajstić information content (AvgIpc) is 3.55. The first kappa shape index (κ1) is 27.7. The van der Waals surface area contributed by atoms with Crippen LogP contribution in [0.5, 0.6) is 0 Å². The number of carbonyl (C=O) groups excluding carboxylic acids is 1. The molecule has 7 heteroatoms. The monoisotopic (exact) mass is 543 g/mol. The third-order valence-corrected chi connectivity index (χ3v) is 9.14. The molecule has 39 heavy (non-hydrogen) atoms. The van der Waals surface area contributed by atoms with Gasteiger partial charge in [0.15, 0.2) is 0 Å². The van der Waals surface area contributed by atoms with Gasteiger partial charge in [-0.25, -0.2) is 4.79 Å². The summed E-state index contributed by atoms with van der Waals surface area (Å²) in [5.41, 5.74) is 6.07. The number of nitrogens with one attached hydrogen (secondary N) is 1. The Labute approximate surface area is 236 Å². The zero-order chi connectivity index (χ0) is 27.6. The molecule has 204 valence electrons. The highest BCUT2D eigenvalue weighted by Gasteiger charge is 2.52. The number of amides is 1. The quantitative estimate of drug-likeness (QED) is 0.282. The number of hydrogen-bond acceptors (Lipinski definition) is 5. The molecule has 1 aliphatic carbocycles. The number of benzene rings is 2. The molecule has 1 amide bonds. The van der Waals surface area contributed by atoms with Gasteiger partial charge in [-0.15, -0.1) is 11.3 Å². The van der Waals surface area contributed by atoms with Crippen LogP contribution < -0.4 is 5.32 Å². The number of aryl methyl sites for hydroxylation is 1. The van der Waals surface area contributed by atoms with Gasteiger partial charge in [0, 0.05) is 17.3 Å². The number of thiophene rings is 1. The maximum absolute atomic E-state index is 13.0. The molecule has 5 nitrogen and oxygen atoms in total. The van der Waals surface area contributed by atoms with Gasteiger partial charge in [-0.3, -0.25) is 0 Å². The largest absolute Gasteiger partial charge is 0.492 e. The number of rotatable bonds is 9. The van der Waals surface area contributed by atoms with E-state index in [0.29, 0.717) is 0 Å². The molecule has 0 unspecified atom stereocenters. The summed E-state index contributed by atoms with van der Waals surface area (Å²) >= 11 is 1.70. The van der Waals surface area contributed by atoms with Crippen LogP contribution in [0, 0.1) is 0 Å². The van der Waals surface area contributed by atoms with Crippen molar-refractivity contribution in [2.24, 2.45) is 0 Å². The smallest absolute Gasteiger partial charge is 0.449 e. The maximum Gasteiger partial charge on any atom is 0.492 e. The van der Waals surface area contributed by atoms with Gasteiger partial charge in [-0.1, -0.05) is 61.9 Å². The van der Waals surface area contributed by atoms with Gasteiger partial charge < -0.3 is 19.4 Å². The molecule has 0 spiro atoms. The Morgan fingerprint density at radius 1 is 1.00 bits per heavy atom. The van der Waals surface area contributed by atoms with Gasteiger partial charge >= 0.3 is 13.2 Å². The lowest BCUT2D eigenvalue weighted by atomic mass is 9.77. The van der Waals surface area contributed by atoms with E-state index < -0.39 is 24.4 Å². The van der Waals surface area contributed by atoms with E-state index in [-0.39, 0.29) is 19.1 Å². The van der Waals surface area contributed by atoms with Crippen LogP contribution >= 0.6 is 11.3 Å². The van der Waals surface area contributed by atoms with Gasteiger partial charge in [0.05, 0.1) is 11.2 Å². The highest BCUT2D eigenvalue weighted by molar-refractivity contribution is 7.11. The Bertz CT molecular complexity index is 1300. The minimum absolute atomic E-state index is 0.0218. The van der Waals surface area contributed by atoms with E-state index >= 15 is 0 Å². The summed E-state index contributed by atoms with van der Waals surface area (Å²) in [5.74, 6) is 0.0218. The predicted molar refractivity (Wildman–Crippen MR) is 160 cm³/mol. The Morgan fingerprint density at radius 2 is 1.62 bits per heavy atom. The molecule has 1 aromatic heterocycles. The summed E-state index contributed by atoms with van der Waals surface area (Å²) in [5, 5.41) is 5.10. The van der Waals surface area contributed by atoms with Gasteiger partial charge in [-0.05, 0) is 91.3 Å². The normalized spacial score (nSPS) is 17.7.